The first-order valence-electron chi connectivity index (χ1n) is 7.64. The number of methoxy groups -OCH3 is 1. The first kappa shape index (κ1) is 16.4. The highest BCUT2D eigenvalue weighted by atomic mass is 16.5. The second kappa shape index (κ2) is 9.32. The van der Waals surface area contributed by atoms with Crippen molar-refractivity contribution in [1.82, 2.24) is 10.2 Å². The molecule has 1 saturated heterocycles. The Balaban J connectivity index is 2.45. The van der Waals surface area contributed by atoms with Gasteiger partial charge in [0.15, 0.2) is 0 Å². The van der Waals surface area contributed by atoms with E-state index in [0.29, 0.717) is 25.1 Å². The molecule has 0 saturated carbocycles. The van der Waals surface area contributed by atoms with E-state index in [4.69, 9.17) is 4.74 Å². The van der Waals surface area contributed by atoms with Crippen LogP contribution in [0.2, 0.25) is 0 Å². The molecule has 0 aromatic rings. The number of amides is 1. The van der Waals surface area contributed by atoms with Crippen molar-refractivity contribution in [3.05, 3.63) is 0 Å². The molecule has 1 N–H and O–H groups in total. The lowest BCUT2D eigenvalue weighted by atomic mass is 9.98. The minimum absolute atomic E-state index is 0.253. The van der Waals surface area contributed by atoms with Crippen molar-refractivity contribution in [3.8, 4) is 0 Å². The minimum Gasteiger partial charge on any atom is -0.383 e. The Labute approximate surface area is 117 Å². The molecular weight excluding hydrogens is 240 g/mol. The molecule has 0 aromatic heterocycles. The molecule has 0 bridgehead atoms. The maximum Gasteiger partial charge on any atom is 0.236 e. The number of likely N-dealkylation sites (tertiary alicyclic amines) is 1. The summed E-state index contributed by atoms with van der Waals surface area (Å²) >= 11 is 0. The molecule has 1 fully saturated rings. The van der Waals surface area contributed by atoms with Crippen LogP contribution in [-0.2, 0) is 9.53 Å². The first-order chi connectivity index (χ1) is 9.15. The largest absolute Gasteiger partial charge is 0.383 e. The molecule has 1 rings (SSSR count). The highest BCUT2D eigenvalue weighted by Crippen LogP contribution is 2.22. The van der Waals surface area contributed by atoms with Gasteiger partial charge in [0.25, 0.3) is 0 Å². The lowest BCUT2D eigenvalue weighted by Gasteiger charge is -2.31. The summed E-state index contributed by atoms with van der Waals surface area (Å²) in [5, 5.41) is 3.16. The van der Waals surface area contributed by atoms with E-state index in [1.54, 1.807) is 7.11 Å². The Morgan fingerprint density at radius 2 is 2.16 bits per heavy atom. The number of nitrogens with one attached hydrogen (secondary N) is 1. The fourth-order valence-corrected chi connectivity index (χ4v) is 2.77. The molecule has 1 atom stereocenters. The number of ether oxygens (including phenoxy) is 1. The predicted molar refractivity (Wildman–Crippen MR) is 78.2 cm³/mol. The molecule has 0 aliphatic carbocycles. The van der Waals surface area contributed by atoms with E-state index in [-0.39, 0.29) is 5.91 Å². The minimum atomic E-state index is 0.253. The summed E-state index contributed by atoms with van der Waals surface area (Å²) in [5.41, 5.74) is 0. The first-order valence-corrected chi connectivity index (χ1v) is 7.64. The summed E-state index contributed by atoms with van der Waals surface area (Å²) in [6.45, 7) is 7.25. The molecule has 1 aliphatic rings. The van der Waals surface area contributed by atoms with E-state index >= 15 is 0 Å². The van der Waals surface area contributed by atoms with Crippen LogP contribution in [0.5, 0.6) is 0 Å². The number of hydrogen-bond donors (Lipinski definition) is 1. The summed E-state index contributed by atoms with van der Waals surface area (Å²) in [6.07, 6.45) is 5.97. The summed E-state index contributed by atoms with van der Waals surface area (Å²) < 4.78 is 4.98. The van der Waals surface area contributed by atoms with E-state index < -0.39 is 0 Å². The van der Waals surface area contributed by atoms with Crippen LogP contribution in [0, 0.1) is 5.92 Å². The highest BCUT2D eigenvalue weighted by Gasteiger charge is 2.25. The Hall–Kier alpha value is -0.610. The quantitative estimate of drug-likeness (QED) is 0.720. The van der Waals surface area contributed by atoms with Crippen molar-refractivity contribution >= 4 is 5.91 Å². The zero-order valence-electron chi connectivity index (χ0n) is 12.8. The van der Waals surface area contributed by atoms with E-state index in [1.165, 1.54) is 19.3 Å². The molecule has 1 heterocycles. The summed E-state index contributed by atoms with van der Waals surface area (Å²) in [4.78, 5) is 14.4. The predicted octanol–water partition coefficient (Wildman–Crippen LogP) is 2.04. The van der Waals surface area contributed by atoms with Gasteiger partial charge >= 0.3 is 0 Å². The van der Waals surface area contributed by atoms with Gasteiger partial charge in [0.2, 0.25) is 5.91 Å². The molecule has 0 aromatic carbocycles. The van der Waals surface area contributed by atoms with Crippen LogP contribution < -0.4 is 5.32 Å². The lowest BCUT2D eigenvalue weighted by Crippen LogP contribution is -2.45. The second-order valence-electron chi connectivity index (χ2n) is 5.89. The Morgan fingerprint density at radius 1 is 1.37 bits per heavy atom. The maximum atomic E-state index is 12.3. The van der Waals surface area contributed by atoms with Crippen LogP contribution >= 0.6 is 0 Å². The molecule has 4 nitrogen and oxygen atoms in total. The molecule has 1 aliphatic heterocycles. The SMILES string of the molecule is COCCNCC(=O)N1CCCCCC1CC(C)C. The summed E-state index contributed by atoms with van der Waals surface area (Å²) in [7, 11) is 1.68. The van der Waals surface area contributed by atoms with Crippen LogP contribution in [0.1, 0.15) is 46.0 Å². The second-order valence-corrected chi connectivity index (χ2v) is 5.89. The van der Waals surface area contributed by atoms with Crippen molar-refractivity contribution in [3.63, 3.8) is 0 Å². The molecular formula is C15H30N2O2. The third-order valence-electron chi connectivity index (χ3n) is 3.70. The van der Waals surface area contributed by atoms with Crippen LogP contribution in [-0.4, -0.2) is 50.2 Å². The van der Waals surface area contributed by atoms with Gasteiger partial charge in [-0.2, -0.15) is 0 Å². The van der Waals surface area contributed by atoms with Gasteiger partial charge in [0.1, 0.15) is 0 Å². The molecule has 0 spiro atoms. The number of rotatable bonds is 7. The van der Waals surface area contributed by atoms with Crippen molar-refractivity contribution in [2.24, 2.45) is 5.92 Å². The van der Waals surface area contributed by atoms with E-state index in [2.05, 4.69) is 24.1 Å². The Morgan fingerprint density at radius 3 is 2.84 bits per heavy atom. The van der Waals surface area contributed by atoms with Gasteiger partial charge in [-0.3, -0.25) is 4.79 Å². The van der Waals surface area contributed by atoms with Crippen LogP contribution in [0.4, 0.5) is 0 Å². The number of nitrogens with zero attached hydrogens (tertiary/aromatic N) is 1. The fraction of sp³-hybridized carbons (Fsp3) is 0.933. The smallest absolute Gasteiger partial charge is 0.236 e. The zero-order valence-corrected chi connectivity index (χ0v) is 12.8. The van der Waals surface area contributed by atoms with Crippen LogP contribution in [0.15, 0.2) is 0 Å². The van der Waals surface area contributed by atoms with Crippen LogP contribution in [0.3, 0.4) is 0 Å². The molecule has 4 heteroatoms. The Bertz CT molecular complexity index is 257. The monoisotopic (exact) mass is 270 g/mol. The fourth-order valence-electron chi connectivity index (χ4n) is 2.77. The summed E-state index contributed by atoms with van der Waals surface area (Å²) in [6, 6.07) is 0.444. The van der Waals surface area contributed by atoms with Gasteiger partial charge in [0, 0.05) is 26.2 Å². The van der Waals surface area contributed by atoms with Gasteiger partial charge in [-0.25, -0.2) is 0 Å². The van der Waals surface area contributed by atoms with E-state index in [1.807, 2.05) is 0 Å². The average molecular weight is 270 g/mol. The van der Waals surface area contributed by atoms with Gasteiger partial charge in [-0.15, -0.1) is 0 Å². The molecule has 0 radical (unpaired) electrons. The van der Waals surface area contributed by atoms with E-state index in [0.717, 1.165) is 25.9 Å². The molecule has 1 unspecified atom stereocenters. The van der Waals surface area contributed by atoms with Gasteiger partial charge in [0.05, 0.1) is 13.2 Å². The number of hydrogen-bond acceptors (Lipinski definition) is 3. The van der Waals surface area contributed by atoms with Crippen molar-refractivity contribution < 1.29 is 9.53 Å². The number of carbonyl (C=O) groups excluding carboxylic acids is 1. The normalized spacial score (nSPS) is 20.6. The standard InChI is InChI=1S/C15H30N2O2/c1-13(2)11-14-7-5-4-6-9-17(14)15(18)12-16-8-10-19-3/h13-14,16H,4-12H2,1-3H3. The maximum absolute atomic E-state index is 12.3. The topological polar surface area (TPSA) is 41.6 Å². The highest BCUT2D eigenvalue weighted by molar-refractivity contribution is 5.78. The molecule has 1 amide bonds. The Kier molecular flexibility index (Phi) is 8.07. The van der Waals surface area contributed by atoms with E-state index in [9.17, 15) is 4.79 Å². The number of carbonyl (C=O) groups is 1. The lowest BCUT2D eigenvalue weighted by molar-refractivity contribution is -0.132. The zero-order chi connectivity index (χ0) is 14.1. The third-order valence-corrected chi connectivity index (χ3v) is 3.70. The molecule has 19 heavy (non-hydrogen) atoms. The van der Waals surface area contributed by atoms with Crippen molar-refractivity contribution in [2.75, 3.05) is 33.4 Å². The van der Waals surface area contributed by atoms with Crippen molar-refractivity contribution in [1.29, 1.82) is 0 Å². The van der Waals surface area contributed by atoms with Crippen molar-refractivity contribution in [2.45, 2.75) is 52.0 Å². The van der Waals surface area contributed by atoms with Crippen LogP contribution in [0.25, 0.3) is 0 Å². The average Bonchev–Trinajstić information content (AvgIpc) is 2.59. The van der Waals surface area contributed by atoms with Gasteiger partial charge in [-0.1, -0.05) is 26.7 Å². The third kappa shape index (κ3) is 6.39. The van der Waals surface area contributed by atoms with Gasteiger partial charge in [-0.05, 0) is 25.2 Å². The molecule has 112 valence electrons. The van der Waals surface area contributed by atoms with Gasteiger partial charge < -0.3 is 15.0 Å². The summed E-state index contributed by atoms with van der Waals surface area (Å²) in [5.74, 6) is 0.906.